The smallest absolute Gasteiger partial charge is 0.338 e. The van der Waals surface area contributed by atoms with Gasteiger partial charge in [0.05, 0.1) is 11.8 Å². The van der Waals surface area contributed by atoms with E-state index in [1.807, 2.05) is 0 Å². The van der Waals surface area contributed by atoms with E-state index in [4.69, 9.17) is 10.4 Å². The molecule has 1 N–H and O–H groups in total. The highest BCUT2D eigenvalue weighted by atomic mass is 16.5. The fraction of sp³-hybridized carbons (Fsp3) is 0.429. The summed E-state index contributed by atoms with van der Waals surface area (Å²) in [5.41, 5.74) is 0.0760. The zero-order valence-corrected chi connectivity index (χ0v) is 6.37. The molecule has 0 aliphatic carbocycles. The molecule has 0 saturated carbocycles. The van der Waals surface area contributed by atoms with E-state index in [0.717, 1.165) is 0 Å². The van der Waals surface area contributed by atoms with Crippen LogP contribution < -0.4 is 0 Å². The van der Waals surface area contributed by atoms with Gasteiger partial charge in [-0.25, -0.2) is 4.79 Å². The Bertz CT molecular complexity index is 214. The maximum atomic E-state index is 10.7. The van der Waals surface area contributed by atoms with Crippen LogP contribution in [0.2, 0.25) is 0 Å². The van der Waals surface area contributed by atoms with Gasteiger partial charge in [0, 0.05) is 0 Å². The summed E-state index contributed by atoms with van der Waals surface area (Å²) in [6, 6.07) is 1.72. The number of hydrogen-bond acceptors (Lipinski definition) is 4. The molecular weight excluding hydrogens is 146 g/mol. The number of nitriles is 1. The van der Waals surface area contributed by atoms with Crippen LogP contribution in [0.15, 0.2) is 11.8 Å². The van der Waals surface area contributed by atoms with Crippen molar-refractivity contribution in [3.8, 4) is 6.07 Å². The van der Waals surface area contributed by atoms with Gasteiger partial charge in [-0.2, -0.15) is 5.26 Å². The molecular formula is C7H9NO3. The molecule has 0 bridgehead atoms. The highest BCUT2D eigenvalue weighted by Gasteiger charge is 2.09. The van der Waals surface area contributed by atoms with Gasteiger partial charge < -0.3 is 9.84 Å². The molecule has 0 aromatic heterocycles. The highest BCUT2D eigenvalue weighted by molar-refractivity contribution is 5.87. The number of carbonyl (C=O) groups is 1. The van der Waals surface area contributed by atoms with Crippen LogP contribution in [0.25, 0.3) is 0 Å². The average Bonchev–Trinajstić information content (AvgIpc) is 2.02. The third-order valence-electron chi connectivity index (χ3n) is 0.981. The van der Waals surface area contributed by atoms with Crippen LogP contribution in [0, 0.1) is 11.3 Å². The monoisotopic (exact) mass is 155 g/mol. The predicted molar refractivity (Wildman–Crippen MR) is 37.6 cm³/mol. The van der Waals surface area contributed by atoms with Crippen molar-refractivity contribution in [3.63, 3.8) is 0 Å². The Morgan fingerprint density at radius 3 is 2.73 bits per heavy atom. The molecule has 0 amide bonds. The molecule has 0 radical (unpaired) electrons. The topological polar surface area (TPSA) is 70.3 Å². The largest absolute Gasteiger partial charge is 0.515 e. The molecule has 4 heteroatoms. The molecule has 0 spiro atoms. The van der Waals surface area contributed by atoms with E-state index in [2.05, 4.69) is 4.74 Å². The Morgan fingerprint density at radius 2 is 2.36 bits per heavy atom. The number of ether oxygens (including phenoxy) is 1. The van der Waals surface area contributed by atoms with Gasteiger partial charge in [-0.05, 0) is 13.8 Å². The Hall–Kier alpha value is -1.50. The molecule has 0 aliphatic heterocycles. The summed E-state index contributed by atoms with van der Waals surface area (Å²) >= 11 is 0. The van der Waals surface area contributed by atoms with Crippen molar-refractivity contribution in [3.05, 3.63) is 11.8 Å². The fourth-order valence-corrected chi connectivity index (χ4v) is 0.333. The van der Waals surface area contributed by atoms with E-state index in [9.17, 15) is 4.79 Å². The molecule has 0 heterocycles. The Morgan fingerprint density at radius 1 is 1.82 bits per heavy atom. The number of carbonyl (C=O) groups excluding carboxylic acids is 1. The standard InChI is InChI=1S/C7H9NO3/c1-5(4-9)7(10)11-6(2)3-8/h4,6,9H,1-2H3/b5-4+. The van der Waals surface area contributed by atoms with Gasteiger partial charge in [0.1, 0.15) is 6.07 Å². The number of rotatable bonds is 2. The summed E-state index contributed by atoms with van der Waals surface area (Å²) in [6.45, 7) is 2.84. The summed E-state index contributed by atoms with van der Waals surface area (Å²) < 4.78 is 4.52. The maximum absolute atomic E-state index is 10.7. The van der Waals surface area contributed by atoms with Crippen LogP contribution in [0.3, 0.4) is 0 Å². The van der Waals surface area contributed by atoms with Crippen molar-refractivity contribution in [1.29, 1.82) is 5.26 Å². The van der Waals surface area contributed by atoms with E-state index in [1.54, 1.807) is 6.07 Å². The second-order valence-electron chi connectivity index (χ2n) is 1.99. The zero-order chi connectivity index (χ0) is 8.85. The molecule has 4 nitrogen and oxygen atoms in total. The van der Waals surface area contributed by atoms with Gasteiger partial charge in [0.15, 0.2) is 6.10 Å². The van der Waals surface area contributed by atoms with Crippen molar-refractivity contribution in [2.24, 2.45) is 0 Å². The second kappa shape index (κ2) is 4.34. The normalized spacial score (nSPS) is 13.4. The van der Waals surface area contributed by atoms with Gasteiger partial charge in [-0.15, -0.1) is 0 Å². The first-order valence-electron chi connectivity index (χ1n) is 3.03. The lowest BCUT2D eigenvalue weighted by atomic mass is 10.3. The highest BCUT2D eigenvalue weighted by Crippen LogP contribution is 1.98. The third kappa shape index (κ3) is 3.26. The predicted octanol–water partition coefficient (Wildman–Crippen LogP) is 0.903. The zero-order valence-electron chi connectivity index (χ0n) is 6.37. The molecule has 0 saturated heterocycles. The summed E-state index contributed by atoms with van der Waals surface area (Å²) in [5, 5.41) is 16.6. The molecule has 0 aromatic carbocycles. The van der Waals surface area contributed by atoms with Crippen LogP contribution in [0.1, 0.15) is 13.8 Å². The van der Waals surface area contributed by atoms with Crippen LogP contribution >= 0.6 is 0 Å². The van der Waals surface area contributed by atoms with Crippen molar-refractivity contribution in [2.75, 3.05) is 0 Å². The molecule has 0 aliphatic rings. The molecule has 0 rings (SSSR count). The molecule has 0 aromatic rings. The van der Waals surface area contributed by atoms with Crippen LogP contribution in [0.5, 0.6) is 0 Å². The lowest BCUT2D eigenvalue weighted by Crippen LogP contribution is -2.13. The molecule has 1 unspecified atom stereocenters. The van der Waals surface area contributed by atoms with E-state index in [0.29, 0.717) is 6.26 Å². The summed E-state index contributed by atoms with van der Waals surface area (Å²) in [4.78, 5) is 10.7. The molecule has 11 heavy (non-hydrogen) atoms. The number of nitrogens with zero attached hydrogens (tertiary/aromatic N) is 1. The molecule has 0 fully saturated rings. The van der Waals surface area contributed by atoms with Crippen molar-refractivity contribution in [1.82, 2.24) is 0 Å². The number of aliphatic hydroxyl groups is 1. The van der Waals surface area contributed by atoms with E-state index < -0.39 is 12.1 Å². The van der Waals surface area contributed by atoms with E-state index in [-0.39, 0.29) is 5.57 Å². The minimum absolute atomic E-state index is 0.0760. The Labute approximate surface area is 64.7 Å². The Balaban J connectivity index is 4.01. The van der Waals surface area contributed by atoms with Crippen LogP contribution in [0.4, 0.5) is 0 Å². The Kier molecular flexibility index (Phi) is 3.75. The van der Waals surface area contributed by atoms with Crippen LogP contribution in [-0.4, -0.2) is 17.2 Å². The summed E-state index contributed by atoms with van der Waals surface area (Å²) in [6.07, 6.45) is -0.135. The van der Waals surface area contributed by atoms with Gasteiger partial charge >= 0.3 is 5.97 Å². The number of aliphatic hydroxyl groups excluding tert-OH is 1. The lowest BCUT2D eigenvalue weighted by Gasteiger charge is -2.03. The third-order valence-corrected chi connectivity index (χ3v) is 0.981. The first kappa shape index (κ1) is 9.50. The number of hydrogen-bond donors (Lipinski definition) is 1. The van der Waals surface area contributed by atoms with Crippen molar-refractivity contribution < 1.29 is 14.6 Å². The van der Waals surface area contributed by atoms with E-state index >= 15 is 0 Å². The summed E-state index contributed by atoms with van der Waals surface area (Å²) in [5.74, 6) is -0.679. The average molecular weight is 155 g/mol. The minimum Gasteiger partial charge on any atom is -0.515 e. The molecule has 1 atom stereocenters. The first-order valence-corrected chi connectivity index (χ1v) is 3.03. The maximum Gasteiger partial charge on any atom is 0.338 e. The van der Waals surface area contributed by atoms with Crippen molar-refractivity contribution in [2.45, 2.75) is 20.0 Å². The van der Waals surface area contributed by atoms with Crippen LogP contribution in [-0.2, 0) is 9.53 Å². The molecule has 60 valence electrons. The second-order valence-corrected chi connectivity index (χ2v) is 1.99. The first-order chi connectivity index (χ1) is 5.11. The quantitative estimate of drug-likeness (QED) is 0.365. The lowest BCUT2D eigenvalue weighted by molar-refractivity contribution is -0.141. The fourth-order valence-electron chi connectivity index (χ4n) is 0.333. The summed E-state index contributed by atoms with van der Waals surface area (Å²) in [7, 11) is 0. The number of esters is 1. The van der Waals surface area contributed by atoms with Gasteiger partial charge in [0.25, 0.3) is 0 Å². The van der Waals surface area contributed by atoms with Gasteiger partial charge in [-0.1, -0.05) is 0 Å². The van der Waals surface area contributed by atoms with Gasteiger partial charge in [-0.3, -0.25) is 0 Å². The van der Waals surface area contributed by atoms with Crippen molar-refractivity contribution >= 4 is 5.97 Å². The minimum atomic E-state index is -0.780. The van der Waals surface area contributed by atoms with E-state index in [1.165, 1.54) is 13.8 Å². The van der Waals surface area contributed by atoms with Gasteiger partial charge in [0.2, 0.25) is 0 Å². The SMILES string of the molecule is C/C(=C\O)C(=O)OC(C)C#N.